The lowest BCUT2D eigenvalue weighted by Gasteiger charge is -2.24. The summed E-state index contributed by atoms with van der Waals surface area (Å²) in [7, 11) is 0. The van der Waals surface area contributed by atoms with Gasteiger partial charge in [0.2, 0.25) is 0 Å². The van der Waals surface area contributed by atoms with Gasteiger partial charge in [-0.3, -0.25) is 0 Å². The van der Waals surface area contributed by atoms with Crippen molar-refractivity contribution in [2.24, 2.45) is 5.41 Å². The van der Waals surface area contributed by atoms with Crippen molar-refractivity contribution in [3.8, 4) is 5.75 Å². The predicted octanol–water partition coefficient (Wildman–Crippen LogP) is 3.47. The lowest BCUT2D eigenvalue weighted by atomic mass is 9.98. The van der Waals surface area contributed by atoms with Gasteiger partial charge < -0.3 is 10.1 Å². The van der Waals surface area contributed by atoms with Crippen molar-refractivity contribution in [1.29, 1.82) is 0 Å². The van der Waals surface area contributed by atoms with Crippen LogP contribution in [0.4, 0.5) is 5.69 Å². The molecule has 1 heterocycles. The van der Waals surface area contributed by atoms with Crippen molar-refractivity contribution < 1.29 is 4.74 Å². The first-order chi connectivity index (χ1) is 7.56. The van der Waals surface area contributed by atoms with E-state index in [9.17, 15) is 0 Å². The lowest BCUT2D eigenvalue weighted by molar-refractivity contribution is 0.196. The number of anilines is 1. The first kappa shape index (κ1) is 11.3. The summed E-state index contributed by atoms with van der Waals surface area (Å²) in [5.74, 6) is 1.06. The van der Waals surface area contributed by atoms with E-state index < -0.39 is 0 Å². The van der Waals surface area contributed by atoms with Crippen molar-refractivity contribution in [2.75, 3.05) is 18.5 Å². The van der Waals surface area contributed by atoms with Crippen molar-refractivity contribution in [3.63, 3.8) is 0 Å². The zero-order chi connectivity index (χ0) is 11.6. The molecule has 0 saturated heterocycles. The van der Waals surface area contributed by atoms with Gasteiger partial charge >= 0.3 is 0 Å². The second kappa shape index (κ2) is 4.36. The van der Waals surface area contributed by atoms with Crippen molar-refractivity contribution in [2.45, 2.75) is 33.6 Å². The molecule has 1 N–H and O–H groups in total. The molecule has 0 radical (unpaired) electrons. The summed E-state index contributed by atoms with van der Waals surface area (Å²) in [6.45, 7) is 8.43. The zero-order valence-electron chi connectivity index (χ0n) is 10.5. The maximum atomic E-state index is 5.93. The lowest BCUT2D eigenvalue weighted by Crippen LogP contribution is -2.19. The molecule has 0 fully saturated rings. The van der Waals surface area contributed by atoms with E-state index in [0.717, 1.165) is 25.3 Å². The standard InChI is InChI=1S/C14H21NO/c1-14(2,3)10-16-13-8-4-7-12-11(13)6-5-9-15-12/h4,7-8,15H,5-6,9-10H2,1-3H3. The van der Waals surface area contributed by atoms with Crippen LogP contribution in [0.5, 0.6) is 5.75 Å². The van der Waals surface area contributed by atoms with Crippen molar-refractivity contribution in [1.82, 2.24) is 0 Å². The van der Waals surface area contributed by atoms with Gasteiger partial charge in [0.1, 0.15) is 5.75 Å². The summed E-state index contributed by atoms with van der Waals surface area (Å²) in [4.78, 5) is 0. The second-order valence-electron chi connectivity index (χ2n) is 5.66. The Bertz CT molecular complexity index is 365. The number of hydrogen-bond acceptors (Lipinski definition) is 2. The summed E-state index contributed by atoms with van der Waals surface area (Å²) >= 11 is 0. The minimum atomic E-state index is 0.213. The predicted molar refractivity (Wildman–Crippen MR) is 68.2 cm³/mol. The molecule has 1 aliphatic heterocycles. The minimum Gasteiger partial charge on any atom is -0.493 e. The third-order valence-electron chi connectivity index (χ3n) is 2.71. The molecule has 16 heavy (non-hydrogen) atoms. The van der Waals surface area contributed by atoms with E-state index in [0.29, 0.717) is 0 Å². The maximum Gasteiger partial charge on any atom is 0.124 e. The molecule has 2 nitrogen and oxygen atoms in total. The van der Waals surface area contributed by atoms with Crippen LogP contribution in [-0.4, -0.2) is 13.2 Å². The molecular weight excluding hydrogens is 198 g/mol. The number of hydrogen-bond donors (Lipinski definition) is 1. The fourth-order valence-corrected chi connectivity index (χ4v) is 1.91. The Balaban J connectivity index is 2.15. The summed E-state index contributed by atoms with van der Waals surface area (Å²) in [6, 6.07) is 6.28. The molecule has 1 aromatic carbocycles. The molecule has 0 saturated carbocycles. The van der Waals surface area contributed by atoms with E-state index in [-0.39, 0.29) is 5.41 Å². The molecule has 88 valence electrons. The number of nitrogens with one attached hydrogen (secondary N) is 1. The minimum absolute atomic E-state index is 0.213. The highest BCUT2D eigenvalue weighted by Crippen LogP contribution is 2.31. The van der Waals surface area contributed by atoms with Crippen LogP contribution in [-0.2, 0) is 6.42 Å². The van der Waals surface area contributed by atoms with E-state index in [1.807, 2.05) is 0 Å². The highest BCUT2D eigenvalue weighted by Gasteiger charge is 2.16. The number of benzene rings is 1. The first-order valence-electron chi connectivity index (χ1n) is 6.05. The van der Waals surface area contributed by atoms with Crippen molar-refractivity contribution in [3.05, 3.63) is 23.8 Å². The van der Waals surface area contributed by atoms with Crippen LogP contribution >= 0.6 is 0 Å². The Kier molecular flexibility index (Phi) is 3.08. The SMILES string of the molecule is CC(C)(C)COc1cccc2c1CCCN2. The Hall–Kier alpha value is -1.18. The highest BCUT2D eigenvalue weighted by molar-refractivity contribution is 5.59. The van der Waals surface area contributed by atoms with Crippen LogP contribution in [0.25, 0.3) is 0 Å². The third-order valence-corrected chi connectivity index (χ3v) is 2.71. The van der Waals surface area contributed by atoms with Gasteiger partial charge in [0, 0.05) is 17.8 Å². The van der Waals surface area contributed by atoms with E-state index in [1.54, 1.807) is 0 Å². The molecule has 0 aliphatic carbocycles. The number of fused-ring (bicyclic) bond motifs is 1. The Morgan fingerprint density at radius 3 is 2.88 bits per heavy atom. The molecule has 0 bridgehead atoms. The summed E-state index contributed by atoms with van der Waals surface area (Å²) in [6.07, 6.45) is 2.32. The van der Waals surface area contributed by atoms with Crippen LogP contribution in [0.15, 0.2) is 18.2 Å². The monoisotopic (exact) mass is 219 g/mol. The van der Waals surface area contributed by atoms with E-state index in [4.69, 9.17) is 4.74 Å². The fourth-order valence-electron chi connectivity index (χ4n) is 1.91. The summed E-state index contributed by atoms with van der Waals surface area (Å²) in [5, 5.41) is 3.42. The van der Waals surface area contributed by atoms with Crippen LogP contribution in [0.1, 0.15) is 32.8 Å². The highest BCUT2D eigenvalue weighted by atomic mass is 16.5. The van der Waals surface area contributed by atoms with Crippen LogP contribution in [0, 0.1) is 5.41 Å². The van der Waals surface area contributed by atoms with E-state index in [1.165, 1.54) is 17.7 Å². The molecule has 0 unspecified atom stereocenters. The fraction of sp³-hybridized carbons (Fsp3) is 0.571. The number of ether oxygens (including phenoxy) is 1. The molecular formula is C14H21NO. The molecule has 2 rings (SSSR count). The van der Waals surface area contributed by atoms with Gasteiger partial charge in [-0.05, 0) is 30.4 Å². The summed E-state index contributed by atoms with van der Waals surface area (Å²) < 4.78 is 5.93. The average Bonchev–Trinajstić information content (AvgIpc) is 2.25. The van der Waals surface area contributed by atoms with Gasteiger partial charge in [0.05, 0.1) is 6.61 Å². The maximum absolute atomic E-state index is 5.93. The van der Waals surface area contributed by atoms with Gasteiger partial charge in [-0.15, -0.1) is 0 Å². The van der Waals surface area contributed by atoms with Gasteiger partial charge in [0.25, 0.3) is 0 Å². The van der Waals surface area contributed by atoms with Crippen molar-refractivity contribution >= 4 is 5.69 Å². The molecule has 1 aromatic rings. The Morgan fingerprint density at radius 1 is 1.31 bits per heavy atom. The molecule has 0 amide bonds. The van der Waals surface area contributed by atoms with E-state index >= 15 is 0 Å². The first-order valence-corrected chi connectivity index (χ1v) is 6.05. The zero-order valence-corrected chi connectivity index (χ0v) is 10.5. The smallest absolute Gasteiger partial charge is 0.124 e. The largest absolute Gasteiger partial charge is 0.493 e. The van der Waals surface area contributed by atoms with Gasteiger partial charge in [0.15, 0.2) is 0 Å². The molecule has 0 aromatic heterocycles. The normalized spacial score (nSPS) is 15.2. The van der Waals surface area contributed by atoms with Gasteiger partial charge in [-0.2, -0.15) is 0 Å². The third kappa shape index (κ3) is 2.69. The summed E-state index contributed by atoms with van der Waals surface area (Å²) in [5.41, 5.74) is 2.81. The molecule has 0 spiro atoms. The second-order valence-corrected chi connectivity index (χ2v) is 5.66. The molecule has 0 atom stereocenters. The van der Waals surface area contributed by atoms with Gasteiger partial charge in [-0.25, -0.2) is 0 Å². The van der Waals surface area contributed by atoms with E-state index in [2.05, 4.69) is 44.3 Å². The quantitative estimate of drug-likeness (QED) is 0.822. The van der Waals surface area contributed by atoms with Gasteiger partial charge in [-0.1, -0.05) is 26.8 Å². The Morgan fingerprint density at radius 2 is 2.12 bits per heavy atom. The topological polar surface area (TPSA) is 21.3 Å². The molecule has 1 aliphatic rings. The van der Waals surface area contributed by atoms with Crippen LogP contribution in [0.2, 0.25) is 0 Å². The molecule has 2 heteroatoms. The Labute approximate surface area is 98.0 Å². The average molecular weight is 219 g/mol. The van der Waals surface area contributed by atoms with Crippen LogP contribution in [0.3, 0.4) is 0 Å². The number of rotatable bonds is 2. The van der Waals surface area contributed by atoms with Crippen LogP contribution < -0.4 is 10.1 Å².